The summed E-state index contributed by atoms with van der Waals surface area (Å²) in [5.41, 5.74) is 2.55. The number of nitrogens with one attached hydrogen (secondary N) is 1. The Balaban J connectivity index is 2.24. The van der Waals surface area contributed by atoms with Gasteiger partial charge in [0.2, 0.25) is 0 Å². The number of aryl methyl sites for hydroxylation is 1. The zero-order valence-corrected chi connectivity index (χ0v) is 11.9. The molecule has 0 bridgehead atoms. The number of rotatable bonds is 1. The predicted octanol–water partition coefficient (Wildman–Crippen LogP) is 3.66. The molecule has 1 aromatic heterocycles. The monoisotopic (exact) mass is 314 g/mol. The lowest BCUT2D eigenvalue weighted by Crippen LogP contribution is -2.09. The van der Waals surface area contributed by atoms with E-state index >= 15 is 0 Å². The quantitative estimate of drug-likeness (QED) is 0.745. The van der Waals surface area contributed by atoms with Crippen molar-refractivity contribution in [3.63, 3.8) is 0 Å². The molecule has 0 fully saturated rings. The number of nitrogens with zero attached hydrogens (tertiary/aromatic N) is 1. The van der Waals surface area contributed by atoms with Crippen molar-refractivity contribution >= 4 is 26.8 Å². The van der Waals surface area contributed by atoms with Crippen LogP contribution in [0.5, 0.6) is 0 Å². The van der Waals surface area contributed by atoms with Crippen LogP contribution in [0, 0.1) is 6.92 Å². The third-order valence-electron chi connectivity index (χ3n) is 2.98. The van der Waals surface area contributed by atoms with Gasteiger partial charge in [0.15, 0.2) is 0 Å². The molecule has 0 aliphatic heterocycles. The maximum atomic E-state index is 12.1. The number of H-pyrrole nitrogens is 1. The zero-order chi connectivity index (χ0) is 13.4. The van der Waals surface area contributed by atoms with Gasteiger partial charge in [-0.3, -0.25) is 4.79 Å². The van der Waals surface area contributed by atoms with Crippen LogP contribution in [-0.4, -0.2) is 9.97 Å². The Labute approximate surface area is 118 Å². The van der Waals surface area contributed by atoms with E-state index in [1.807, 2.05) is 49.4 Å². The van der Waals surface area contributed by atoms with Crippen LogP contribution in [0.25, 0.3) is 22.3 Å². The molecule has 3 aromatic rings. The Kier molecular flexibility index (Phi) is 2.95. The summed E-state index contributed by atoms with van der Waals surface area (Å²) in [5.74, 6) is 0.592. The second kappa shape index (κ2) is 4.63. The number of hydrogen-bond acceptors (Lipinski definition) is 2. The summed E-state index contributed by atoms with van der Waals surface area (Å²) >= 11 is 3.39. The third-order valence-corrected chi connectivity index (χ3v) is 3.51. The Bertz CT molecular complexity index is 806. The van der Waals surface area contributed by atoms with Gasteiger partial charge in [0, 0.05) is 10.0 Å². The average Bonchev–Trinajstić information content (AvgIpc) is 2.40. The highest BCUT2D eigenvalue weighted by atomic mass is 79.9. The van der Waals surface area contributed by atoms with E-state index in [4.69, 9.17) is 0 Å². The van der Waals surface area contributed by atoms with Crippen molar-refractivity contribution in [2.24, 2.45) is 0 Å². The first-order chi connectivity index (χ1) is 9.13. The molecule has 0 amide bonds. The number of hydrogen-bond donors (Lipinski definition) is 1. The molecule has 0 saturated carbocycles. The van der Waals surface area contributed by atoms with E-state index in [0.717, 1.165) is 15.6 Å². The maximum absolute atomic E-state index is 12.1. The molecule has 1 heterocycles. The van der Waals surface area contributed by atoms with Gasteiger partial charge in [0.1, 0.15) is 5.82 Å². The van der Waals surface area contributed by atoms with Gasteiger partial charge in [-0.05, 0) is 31.2 Å². The fraction of sp³-hybridized carbons (Fsp3) is 0.0667. The second-order valence-electron chi connectivity index (χ2n) is 4.44. The molecule has 0 aliphatic carbocycles. The summed E-state index contributed by atoms with van der Waals surface area (Å²) in [5, 5.41) is 0.626. The molecular formula is C15H11BrN2O. The summed E-state index contributed by atoms with van der Waals surface area (Å²) < 4.78 is 0.995. The van der Waals surface area contributed by atoms with Crippen LogP contribution in [0.15, 0.2) is 51.7 Å². The lowest BCUT2D eigenvalue weighted by Gasteiger charge is -2.04. The normalized spacial score (nSPS) is 10.8. The van der Waals surface area contributed by atoms with Crippen molar-refractivity contribution in [2.75, 3.05) is 0 Å². The Morgan fingerprint density at radius 2 is 1.84 bits per heavy atom. The van der Waals surface area contributed by atoms with Crippen LogP contribution in [0.4, 0.5) is 0 Å². The van der Waals surface area contributed by atoms with Gasteiger partial charge in [0.25, 0.3) is 5.56 Å². The summed E-state index contributed by atoms with van der Waals surface area (Å²) in [4.78, 5) is 19.4. The average molecular weight is 315 g/mol. The van der Waals surface area contributed by atoms with E-state index in [2.05, 4.69) is 25.9 Å². The zero-order valence-electron chi connectivity index (χ0n) is 10.3. The highest BCUT2D eigenvalue weighted by Gasteiger charge is 2.05. The van der Waals surface area contributed by atoms with Crippen molar-refractivity contribution in [1.82, 2.24) is 9.97 Å². The molecule has 19 heavy (non-hydrogen) atoms. The summed E-state index contributed by atoms with van der Waals surface area (Å²) in [6, 6.07) is 13.4. The molecule has 94 valence electrons. The smallest absolute Gasteiger partial charge is 0.259 e. The van der Waals surface area contributed by atoms with Gasteiger partial charge in [-0.25, -0.2) is 4.98 Å². The summed E-state index contributed by atoms with van der Waals surface area (Å²) in [6.45, 7) is 1.96. The molecule has 0 spiro atoms. The van der Waals surface area contributed by atoms with Gasteiger partial charge < -0.3 is 4.98 Å². The first kappa shape index (κ1) is 12.1. The molecule has 4 heteroatoms. The summed E-state index contributed by atoms with van der Waals surface area (Å²) in [6.07, 6.45) is 0. The van der Waals surface area contributed by atoms with Crippen LogP contribution in [0.3, 0.4) is 0 Å². The van der Waals surface area contributed by atoms with Gasteiger partial charge in [-0.2, -0.15) is 0 Å². The van der Waals surface area contributed by atoms with E-state index < -0.39 is 0 Å². The van der Waals surface area contributed by atoms with E-state index in [1.165, 1.54) is 0 Å². The Morgan fingerprint density at radius 1 is 1.11 bits per heavy atom. The number of aromatic nitrogens is 2. The van der Waals surface area contributed by atoms with Crippen molar-refractivity contribution in [1.29, 1.82) is 0 Å². The minimum absolute atomic E-state index is 0.105. The lowest BCUT2D eigenvalue weighted by atomic mass is 10.1. The minimum Gasteiger partial charge on any atom is -0.306 e. The Hall–Kier alpha value is -1.94. The third kappa shape index (κ3) is 2.31. The predicted molar refractivity (Wildman–Crippen MR) is 80.2 cm³/mol. The SMILES string of the molecule is Cc1ccc2nc(-c3ccc(Br)cc3)[nH]c(=O)c2c1. The molecule has 1 N–H and O–H groups in total. The van der Waals surface area contributed by atoms with Crippen LogP contribution in [0.2, 0.25) is 0 Å². The number of halogens is 1. The molecule has 3 nitrogen and oxygen atoms in total. The molecule has 0 atom stereocenters. The van der Waals surface area contributed by atoms with E-state index in [-0.39, 0.29) is 5.56 Å². The first-order valence-electron chi connectivity index (χ1n) is 5.90. The largest absolute Gasteiger partial charge is 0.306 e. The number of fused-ring (bicyclic) bond motifs is 1. The van der Waals surface area contributed by atoms with Crippen molar-refractivity contribution in [2.45, 2.75) is 6.92 Å². The molecule has 0 aliphatic rings. The molecule has 0 unspecified atom stereocenters. The topological polar surface area (TPSA) is 45.8 Å². The van der Waals surface area contributed by atoms with Gasteiger partial charge in [0.05, 0.1) is 10.9 Å². The van der Waals surface area contributed by atoms with Gasteiger partial charge in [-0.1, -0.05) is 39.7 Å². The first-order valence-corrected chi connectivity index (χ1v) is 6.69. The van der Waals surface area contributed by atoms with Gasteiger partial charge >= 0.3 is 0 Å². The van der Waals surface area contributed by atoms with Crippen molar-refractivity contribution < 1.29 is 0 Å². The fourth-order valence-electron chi connectivity index (χ4n) is 2.00. The number of benzene rings is 2. The van der Waals surface area contributed by atoms with Crippen molar-refractivity contribution in [3.05, 3.63) is 62.9 Å². The minimum atomic E-state index is -0.105. The van der Waals surface area contributed by atoms with Crippen molar-refractivity contribution in [3.8, 4) is 11.4 Å². The second-order valence-corrected chi connectivity index (χ2v) is 5.36. The molecule has 2 aromatic carbocycles. The van der Waals surface area contributed by atoms with Crippen LogP contribution < -0.4 is 5.56 Å². The summed E-state index contributed by atoms with van der Waals surface area (Å²) in [7, 11) is 0. The van der Waals surface area contributed by atoms with E-state index in [0.29, 0.717) is 16.7 Å². The fourth-order valence-corrected chi connectivity index (χ4v) is 2.26. The highest BCUT2D eigenvalue weighted by molar-refractivity contribution is 9.10. The van der Waals surface area contributed by atoms with Crippen LogP contribution in [-0.2, 0) is 0 Å². The molecule has 0 radical (unpaired) electrons. The van der Waals surface area contributed by atoms with Crippen LogP contribution in [0.1, 0.15) is 5.56 Å². The number of aromatic amines is 1. The van der Waals surface area contributed by atoms with E-state index in [1.54, 1.807) is 0 Å². The molecular weight excluding hydrogens is 304 g/mol. The highest BCUT2D eigenvalue weighted by Crippen LogP contribution is 2.19. The van der Waals surface area contributed by atoms with Gasteiger partial charge in [-0.15, -0.1) is 0 Å². The lowest BCUT2D eigenvalue weighted by molar-refractivity contribution is 1.18. The standard InChI is InChI=1S/C15H11BrN2O/c1-9-2-7-13-12(8-9)15(19)18-14(17-13)10-3-5-11(16)6-4-10/h2-8H,1H3,(H,17,18,19). The van der Waals surface area contributed by atoms with E-state index in [9.17, 15) is 4.79 Å². The maximum Gasteiger partial charge on any atom is 0.259 e. The molecule has 3 rings (SSSR count). The van der Waals surface area contributed by atoms with Crippen LogP contribution >= 0.6 is 15.9 Å². The molecule has 0 saturated heterocycles. The Morgan fingerprint density at radius 3 is 2.58 bits per heavy atom.